The summed E-state index contributed by atoms with van der Waals surface area (Å²) < 4.78 is 1.59. The van der Waals surface area contributed by atoms with Gasteiger partial charge in [-0.2, -0.15) is 9.61 Å². The van der Waals surface area contributed by atoms with Crippen molar-refractivity contribution in [3.8, 4) is 11.5 Å². The molecule has 84 valence electrons. The van der Waals surface area contributed by atoms with Crippen molar-refractivity contribution in [1.29, 1.82) is 0 Å². The molecule has 5 nitrogen and oxygen atoms in total. The highest BCUT2D eigenvalue weighted by Gasteiger charge is 2.12. The molecule has 0 N–H and O–H groups in total. The molecule has 0 bridgehead atoms. The number of halogens is 1. The first-order chi connectivity index (χ1) is 8.25. The predicted molar refractivity (Wildman–Crippen MR) is 63.8 cm³/mol. The minimum absolute atomic E-state index is 0.395. The van der Waals surface area contributed by atoms with Gasteiger partial charge in [0.2, 0.25) is 5.82 Å². The SMILES string of the molecule is Cc1cccnc1-c1nnc2ccc(Cl)nn12. The monoisotopic (exact) mass is 245 g/mol. The quantitative estimate of drug-likeness (QED) is 0.659. The van der Waals surface area contributed by atoms with Crippen LogP contribution in [0.4, 0.5) is 0 Å². The smallest absolute Gasteiger partial charge is 0.204 e. The molecule has 0 aliphatic heterocycles. The Labute approximate surface area is 102 Å². The Morgan fingerprint density at radius 3 is 2.88 bits per heavy atom. The zero-order valence-electron chi connectivity index (χ0n) is 9.00. The van der Waals surface area contributed by atoms with Gasteiger partial charge in [0.1, 0.15) is 10.8 Å². The Hall–Kier alpha value is -2.01. The molecule has 0 saturated heterocycles. The van der Waals surface area contributed by atoms with E-state index in [1.807, 2.05) is 19.1 Å². The third kappa shape index (κ3) is 1.64. The first-order valence-electron chi connectivity index (χ1n) is 5.05. The van der Waals surface area contributed by atoms with Crippen LogP contribution in [0.5, 0.6) is 0 Å². The van der Waals surface area contributed by atoms with Crippen molar-refractivity contribution in [2.75, 3.05) is 0 Å². The van der Waals surface area contributed by atoms with Crippen LogP contribution in [0, 0.1) is 6.92 Å². The van der Waals surface area contributed by atoms with Gasteiger partial charge in [0.25, 0.3) is 0 Å². The van der Waals surface area contributed by atoms with E-state index in [9.17, 15) is 0 Å². The summed E-state index contributed by atoms with van der Waals surface area (Å²) in [5.41, 5.74) is 2.42. The van der Waals surface area contributed by atoms with Crippen molar-refractivity contribution in [1.82, 2.24) is 24.8 Å². The summed E-state index contributed by atoms with van der Waals surface area (Å²) in [6, 6.07) is 7.29. The molecule has 3 rings (SSSR count). The fourth-order valence-electron chi connectivity index (χ4n) is 1.63. The molecule has 0 aliphatic carbocycles. The predicted octanol–water partition coefficient (Wildman–Crippen LogP) is 2.15. The van der Waals surface area contributed by atoms with Crippen LogP contribution in [0.1, 0.15) is 5.56 Å². The highest BCUT2D eigenvalue weighted by Crippen LogP contribution is 2.19. The summed E-state index contributed by atoms with van der Waals surface area (Å²) in [5.74, 6) is 0.598. The molecule has 0 saturated carbocycles. The van der Waals surface area contributed by atoms with Crippen molar-refractivity contribution in [3.05, 3.63) is 41.2 Å². The fourth-order valence-corrected chi connectivity index (χ4v) is 1.77. The Kier molecular flexibility index (Phi) is 2.26. The molecule has 3 aromatic rings. The molecule has 0 atom stereocenters. The van der Waals surface area contributed by atoms with E-state index in [1.54, 1.807) is 22.8 Å². The van der Waals surface area contributed by atoms with Crippen LogP contribution in [-0.4, -0.2) is 24.8 Å². The van der Waals surface area contributed by atoms with Gasteiger partial charge in [-0.05, 0) is 30.7 Å². The average Bonchev–Trinajstić information content (AvgIpc) is 2.72. The largest absolute Gasteiger partial charge is 0.253 e. The topological polar surface area (TPSA) is 56.0 Å². The van der Waals surface area contributed by atoms with Crippen LogP contribution < -0.4 is 0 Å². The van der Waals surface area contributed by atoms with Crippen molar-refractivity contribution in [3.63, 3.8) is 0 Å². The van der Waals surface area contributed by atoms with Gasteiger partial charge < -0.3 is 0 Å². The van der Waals surface area contributed by atoms with Gasteiger partial charge in [0, 0.05) is 6.20 Å². The van der Waals surface area contributed by atoms with E-state index in [0.29, 0.717) is 16.6 Å². The van der Waals surface area contributed by atoms with Gasteiger partial charge >= 0.3 is 0 Å². The molecule has 17 heavy (non-hydrogen) atoms. The van der Waals surface area contributed by atoms with Gasteiger partial charge in [-0.25, -0.2) is 0 Å². The maximum absolute atomic E-state index is 5.87. The fraction of sp³-hybridized carbons (Fsp3) is 0.0909. The number of aromatic nitrogens is 5. The lowest BCUT2D eigenvalue weighted by Crippen LogP contribution is -1.97. The van der Waals surface area contributed by atoms with Crippen LogP contribution >= 0.6 is 11.6 Å². The third-order valence-electron chi connectivity index (χ3n) is 2.45. The third-order valence-corrected chi connectivity index (χ3v) is 2.65. The van der Waals surface area contributed by atoms with E-state index >= 15 is 0 Å². The zero-order valence-corrected chi connectivity index (χ0v) is 9.76. The van der Waals surface area contributed by atoms with Gasteiger partial charge in [0.05, 0.1) is 0 Å². The van der Waals surface area contributed by atoms with E-state index in [0.717, 1.165) is 11.3 Å². The summed E-state index contributed by atoms with van der Waals surface area (Å²) in [6.45, 7) is 1.97. The van der Waals surface area contributed by atoms with E-state index in [1.165, 1.54) is 0 Å². The maximum atomic E-state index is 5.87. The minimum Gasteiger partial charge on any atom is -0.253 e. The molecular weight excluding hydrogens is 238 g/mol. The van der Waals surface area contributed by atoms with Crippen LogP contribution in [0.15, 0.2) is 30.5 Å². The standard InChI is InChI=1S/C11H8ClN5/c1-7-3-2-6-13-10(7)11-15-14-9-5-4-8(12)16-17(9)11/h2-6H,1H3. The lowest BCUT2D eigenvalue weighted by Gasteiger charge is -2.01. The van der Waals surface area contributed by atoms with Gasteiger partial charge in [-0.3, -0.25) is 4.98 Å². The molecule has 0 aromatic carbocycles. The van der Waals surface area contributed by atoms with Gasteiger partial charge in [0.15, 0.2) is 5.65 Å². The van der Waals surface area contributed by atoms with Crippen molar-refractivity contribution in [2.24, 2.45) is 0 Å². The van der Waals surface area contributed by atoms with Crippen LogP contribution in [-0.2, 0) is 0 Å². The summed E-state index contributed by atoms with van der Waals surface area (Å²) in [7, 11) is 0. The molecule has 3 heterocycles. The summed E-state index contributed by atoms with van der Waals surface area (Å²) >= 11 is 5.87. The Bertz CT molecular complexity index is 691. The van der Waals surface area contributed by atoms with Gasteiger partial charge in [-0.15, -0.1) is 10.2 Å². The van der Waals surface area contributed by atoms with Crippen LogP contribution in [0.3, 0.4) is 0 Å². The normalized spacial score (nSPS) is 10.9. The lowest BCUT2D eigenvalue weighted by molar-refractivity contribution is 0.927. The van der Waals surface area contributed by atoms with E-state index in [-0.39, 0.29) is 0 Å². The number of fused-ring (bicyclic) bond motifs is 1. The van der Waals surface area contributed by atoms with Crippen LogP contribution in [0.2, 0.25) is 5.15 Å². The van der Waals surface area contributed by atoms with Crippen molar-refractivity contribution < 1.29 is 0 Å². The summed E-state index contributed by atoms with van der Waals surface area (Å²) in [5, 5.41) is 12.7. The Balaban J connectivity index is 2.31. The van der Waals surface area contributed by atoms with E-state index in [4.69, 9.17) is 11.6 Å². The number of nitrogens with zero attached hydrogens (tertiary/aromatic N) is 5. The molecule has 3 aromatic heterocycles. The highest BCUT2D eigenvalue weighted by atomic mass is 35.5. The second-order valence-corrected chi connectivity index (χ2v) is 4.01. The second-order valence-electron chi connectivity index (χ2n) is 3.62. The Morgan fingerprint density at radius 1 is 1.18 bits per heavy atom. The number of rotatable bonds is 1. The molecule has 0 aliphatic rings. The first kappa shape index (κ1) is 10.2. The summed E-state index contributed by atoms with van der Waals surface area (Å²) in [6.07, 6.45) is 1.72. The zero-order chi connectivity index (χ0) is 11.8. The molecular formula is C11H8ClN5. The van der Waals surface area contributed by atoms with E-state index in [2.05, 4.69) is 20.3 Å². The van der Waals surface area contributed by atoms with Crippen molar-refractivity contribution >= 4 is 17.2 Å². The molecule has 0 fully saturated rings. The molecule has 6 heteroatoms. The number of aryl methyl sites for hydroxylation is 1. The van der Waals surface area contributed by atoms with Crippen molar-refractivity contribution in [2.45, 2.75) is 6.92 Å². The molecule has 0 radical (unpaired) electrons. The summed E-state index contributed by atoms with van der Waals surface area (Å²) in [4.78, 5) is 4.29. The first-order valence-corrected chi connectivity index (χ1v) is 5.43. The Morgan fingerprint density at radius 2 is 2.06 bits per heavy atom. The molecule has 0 spiro atoms. The number of hydrogen-bond donors (Lipinski definition) is 0. The van der Waals surface area contributed by atoms with Gasteiger partial charge in [-0.1, -0.05) is 17.7 Å². The second kappa shape index (κ2) is 3.78. The minimum atomic E-state index is 0.395. The maximum Gasteiger partial charge on any atom is 0.204 e. The highest BCUT2D eigenvalue weighted by molar-refractivity contribution is 6.29. The number of pyridine rings is 1. The number of hydrogen-bond acceptors (Lipinski definition) is 4. The molecule has 0 amide bonds. The molecule has 0 unspecified atom stereocenters. The average molecular weight is 246 g/mol. The van der Waals surface area contributed by atoms with Crippen LogP contribution in [0.25, 0.3) is 17.2 Å². The lowest BCUT2D eigenvalue weighted by atomic mass is 10.2. The van der Waals surface area contributed by atoms with E-state index < -0.39 is 0 Å².